The average molecular weight is 280 g/mol. The fraction of sp³-hybridized carbons (Fsp3) is 0.385. The van der Waals surface area contributed by atoms with Gasteiger partial charge in [0.1, 0.15) is 11.5 Å². The first kappa shape index (κ1) is 15.2. The van der Waals surface area contributed by atoms with Crippen LogP contribution in [0.4, 0.5) is 5.69 Å². The van der Waals surface area contributed by atoms with E-state index in [1.165, 1.54) is 11.8 Å². The van der Waals surface area contributed by atoms with Crippen molar-refractivity contribution in [2.75, 3.05) is 31.0 Å². The van der Waals surface area contributed by atoms with Gasteiger partial charge in [-0.05, 0) is 12.1 Å². The molecule has 0 bridgehead atoms. The molecule has 5 nitrogen and oxygen atoms in total. The molecule has 1 rings (SSSR count). The molecule has 0 aliphatic heterocycles. The van der Waals surface area contributed by atoms with Crippen LogP contribution in [0.3, 0.4) is 0 Å². The standard InChI is InChI=1S/C13H16N2O3S/c1-17-10-4-5-12(18-2)11(8-10)15-13(16)9-19-7-3-6-14/h4-5,8H,3,7,9H2,1-2H3,(H,15,16). The number of benzene rings is 1. The van der Waals surface area contributed by atoms with Gasteiger partial charge < -0.3 is 14.8 Å². The van der Waals surface area contributed by atoms with E-state index in [0.29, 0.717) is 35.1 Å². The Kier molecular flexibility index (Phi) is 6.61. The number of anilines is 1. The molecule has 0 fully saturated rings. The largest absolute Gasteiger partial charge is 0.497 e. The number of rotatable bonds is 7. The first-order valence-electron chi connectivity index (χ1n) is 5.67. The topological polar surface area (TPSA) is 71.3 Å². The molecular weight excluding hydrogens is 264 g/mol. The first-order valence-corrected chi connectivity index (χ1v) is 6.83. The van der Waals surface area contributed by atoms with Gasteiger partial charge in [-0.15, -0.1) is 0 Å². The lowest BCUT2D eigenvalue weighted by molar-refractivity contribution is -0.113. The molecule has 0 atom stereocenters. The predicted molar refractivity (Wildman–Crippen MR) is 75.7 cm³/mol. The van der Waals surface area contributed by atoms with Crippen LogP contribution in [0, 0.1) is 11.3 Å². The summed E-state index contributed by atoms with van der Waals surface area (Å²) in [5, 5.41) is 11.2. The molecule has 102 valence electrons. The van der Waals surface area contributed by atoms with E-state index in [1.54, 1.807) is 32.4 Å². The van der Waals surface area contributed by atoms with Crippen molar-refractivity contribution in [3.63, 3.8) is 0 Å². The van der Waals surface area contributed by atoms with E-state index in [9.17, 15) is 4.79 Å². The van der Waals surface area contributed by atoms with Gasteiger partial charge in [0.25, 0.3) is 0 Å². The molecule has 6 heteroatoms. The van der Waals surface area contributed by atoms with E-state index >= 15 is 0 Å². The van der Waals surface area contributed by atoms with E-state index in [2.05, 4.69) is 5.32 Å². The summed E-state index contributed by atoms with van der Waals surface area (Å²) in [6.07, 6.45) is 0.445. The minimum absolute atomic E-state index is 0.130. The number of nitrogens with one attached hydrogen (secondary N) is 1. The van der Waals surface area contributed by atoms with Crippen LogP contribution in [0.5, 0.6) is 11.5 Å². The summed E-state index contributed by atoms with van der Waals surface area (Å²) in [7, 11) is 3.10. The number of carbonyl (C=O) groups is 1. The van der Waals surface area contributed by atoms with Crippen molar-refractivity contribution >= 4 is 23.4 Å². The summed E-state index contributed by atoms with van der Waals surface area (Å²) in [6.45, 7) is 0. The molecule has 1 amide bonds. The summed E-state index contributed by atoms with van der Waals surface area (Å²) in [5.74, 6) is 2.06. The number of carbonyl (C=O) groups excluding carboxylic acids is 1. The fourth-order valence-corrected chi connectivity index (χ4v) is 2.02. The molecule has 1 aromatic rings. The van der Waals surface area contributed by atoms with Crippen LogP contribution in [0.2, 0.25) is 0 Å². The normalized spacial score (nSPS) is 9.53. The number of hydrogen-bond donors (Lipinski definition) is 1. The highest BCUT2D eigenvalue weighted by Crippen LogP contribution is 2.28. The highest BCUT2D eigenvalue weighted by Gasteiger charge is 2.09. The second-order valence-corrected chi connectivity index (χ2v) is 4.68. The van der Waals surface area contributed by atoms with Crippen molar-refractivity contribution in [2.45, 2.75) is 6.42 Å². The maximum absolute atomic E-state index is 11.7. The van der Waals surface area contributed by atoms with Crippen LogP contribution in [-0.2, 0) is 4.79 Å². The fourth-order valence-electron chi connectivity index (χ4n) is 1.38. The van der Waals surface area contributed by atoms with E-state index in [-0.39, 0.29) is 5.91 Å². The number of ether oxygens (including phenoxy) is 2. The molecule has 1 aromatic carbocycles. The molecule has 19 heavy (non-hydrogen) atoms. The maximum atomic E-state index is 11.7. The Morgan fingerprint density at radius 3 is 2.84 bits per heavy atom. The van der Waals surface area contributed by atoms with Gasteiger partial charge in [-0.3, -0.25) is 4.79 Å². The van der Waals surface area contributed by atoms with E-state index in [1.807, 2.05) is 6.07 Å². The van der Waals surface area contributed by atoms with Gasteiger partial charge in [0.15, 0.2) is 0 Å². The summed E-state index contributed by atoms with van der Waals surface area (Å²) in [4.78, 5) is 11.7. The zero-order valence-corrected chi connectivity index (χ0v) is 11.8. The van der Waals surface area contributed by atoms with Crippen molar-refractivity contribution in [2.24, 2.45) is 0 Å². The molecule has 0 unspecified atom stereocenters. The molecule has 0 aliphatic carbocycles. The molecule has 0 saturated carbocycles. The number of hydrogen-bond acceptors (Lipinski definition) is 5. The number of methoxy groups -OCH3 is 2. The Balaban J connectivity index is 2.59. The molecular formula is C13H16N2O3S. The van der Waals surface area contributed by atoms with Crippen LogP contribution in [-0.4, -0.2) is 31.6 Å². The van der Waals surface area contributed by atoms with Crippen molar-refractivity contribution in [1.29, 1.82) is 5.26 Å². The number of nitrogens with zero attached hydrogens (tertiary/aromatic N) is 1. The van der Waals surface area contributed by atoms with Crippen molar-refractivity contribution in [3.05, 3.63) is 18.2 Å². The average Bonchev–Trinajstić information content (AvgIpc) is 2.43. The van der Waals surface area contributed by atoms with Gasteiger partial charge in [-0.2, -0.15) is 17.0 Å². The van der Waals surface area contributed by atoms with Gasteiger partial charge in [0.05, 0.1) is 31.7 Å². The van der Waals surface area contributed by atoms with Crippen molar-refractivity contribution in [1.82, 2.24) is 0 Å². The number of nitriles is 1. The van der Waals surface area contributed by atoms with E-state index < -0.39 is 0 Å². The third-order valence-electron chi connectivity index (χ3n) is 2.27. The van der Waals surface area contributed by atoms with Gasteiger partial charge in [-0.25, -0.2) is 0 Å². The van der Waals surface area contributed by atoms with Gasteiger partial charge in [0, 0.05) is 18.2 Å². The van der Waals surface area contributed by atoms with Crippen molar-refractivity contribution in [3.8, 4) is 17.6 Å². The Bertz CT molecular complexity index is 471. The molecule has 0 heterocycles. The van der Waals surface area contributed by atoms with E-state index in [0.717, 1.165) is 0 Å². The SMILES string of the molecule is COc1ccc(OC)c(NC(=O)CSCCC#N)c1. The molecule has 0 radical (unpaired) electrons. The minimum atomic E-state index is -0.130. The van der Waals surface area contributed by atoms with Gasteiger partial charge in [0.2, 0.25) is 5.91 Å². The molecule has 0 spiro atoms. The maximum Gasteiger partial charge on any atom is 0.234 e. The van der Waals surface area contributed by atoms with E-state index in [4.69, 9.17) is 14.7 Å². The summed E-state index contributed by atoms with van der Waals surface area (Å²) < 4.78 is 10.3. The smallest absolute Gasteiger partial charge is 0.234 e. The number of thioether (sulfide) groups is 1. The van der Waals surface area contributed by atoms with Crippen LogP contribution in [0.25, 0.3) is 0 Å². The van der Waals surface area contributed by atoms with Gasteiger partial charge >= 0.3 is 0 Å². The summed E-state index contributed by atoms with van der Waals surface area (Å²) in [5.41, 5.74) is 0.577. The first-order chi connectivity index (χ1) is 9.21. The van der Waals surface area contributed by atoms with Crippen molar-refractivity contribution < 1.29 is 14.3 Å². The Morgan fingerprint density at radius 2 is 2.21 bits per heavy atom. The Hall–Kier alpha value is -1.87. The molecule has 0 aromatic heterocycles. The van der Waals surface area contributed by atoms with Crippen LogP contribution in [0.15, 0.2) is 18.2 Å². The Morgan fingerprint density at radius 1 is 1.42 bits per heavy atom. The third kappa shape index (κ3) is 5.10. The highest BCUT2D eigenvalue weighted by molar-refractivity contribution is 7.99. The van der Waals surface area contributed by atoms with Gasteiger partial charge in [-0.1, -0.05) is 0 Å². The monoisotopic (exact) mass is 280 g/mol. The summed E-state index contributed by atoms with van der Waals surface area (Å²) >= 11 is 1.42. The third-order valence-corrected chi connectivity index (χ3v) is 3.23. The predicted octanol–water partition coefficient (Wildman–Crippen LogP) is 2.29. The number of amides is 1. The lowest BCUT2D eigenvalue weighted by Crippen LogP contribution is -2.15. The minimum Gasteiger partial charge on any atom is -0.497 e. The lowest BCUT2D eigenvalue weighted by Gasteiger charge is -2.11. The lowest BCUT2D eigenvalue weighted by atomic mass is 10.2. The Labute approximate surface area is 116 Å². The zero-order valence-electron chi connectivity index (χ0n) is 10.9. The molecule has 1 N–H and O–H groups in total. The zero-order chi connectivity index (χ0) is 14.1. The summed E-state index contributed by atoms with van der Waals surface area (Å²) in [6, 6.07) is 7.23. The second kappa shape index (κ2) is 8.27. The molecule has 0 saturated heterocycles. The second-order valence-electron chi connectivity index (χ2n) is 3.58. The van der Waals surface area contributed by atoms with Crippen LogP contribution >= 0.6 is 11.8 Å². The van der Waals surface area contributed by atoms with Crippen LogP contribution in [0.1, 0.15) is 6.42 Å². The molecule has 0 aliphatic rings. The van der Waals surface area contributed by atoms with Crippen LogP contribution < -0.4 is 14.8 Å². The quantitative estimate of drug-likeness (QED) is 0.776. The highest BCUT2D eigenvalue weighted by atomic mass is 32.2.